The number of aryl methyl sites for hydroxylation is 1. The average Bonchev–Trinajstić information content (AvgIpc) is 2.83. The van der Waals surface area contributed by atoms with Crippen LogP contribution >= 0.6 is 0 Å². The zero-order valence-electron chi connectivity index (χ0n) is 16.8. The van der Waals surface area contributed by atoms with Gasteiger partial charge in [0.2, 0.25) is 11.9 Å². The van der Waals surface area contributed by atoms with Gasteiger partial charge in [-0.05, 0) is 37.5 Å². The maximum absolute atomic E-state index is 12.8. The van der Waals surface area contributed by atoms with E-state index in [1.807, 2.05) is 34.7 Å². The van der Waals surface area contributed by atoms with Crippen molar-refractivity contribution in [2.24, 2.45) is 7.05 Å². The lowest BCUT2D eigenvalue weighted by molar-refractivity contribution is -0.129. The number of anilines is 1. The summed E-state index contributed by atoms with van der Waals surface area (Å²) < 4.78 is 7.02. The second-order valence-corrected chi connectivity index (χ2v) is 7.25. The number of fused-ring (bicyclic) bond motifs is 1. The zero-order chi connectivity index (χ0) is 20.1. The Morgan fingerprint density at radius 1 is 1.32 bits per heavy atom. The Morgan fingerprint density at radius 2 is 2.14 bits per heavy atom. The standard InChI is InChI=1S/C20H29N5O3/c1-14(26)25-10-5-4-6-16(13-25)22-19(27)15-7-8-18-17(12-15)23-20(24(18)2)21-9-11-28-3/h7-8,12,16H,4-6,9-11,13H2,1-3H3,(H,21,23)(H,22,27). The minimum Gasteiger partial charge on any atom is -0.383 e. The molecule has 0 saturated carbocycles. The monoisotopic (exact) mass is 387 g/mol. The van der Waals surface area contributed by atoms with Crippen molar-refractivity contribution in [3.8, 4) is 0 Å². The number of methoxy groups -OCH3 is 1. The van der Waals surface area contributed by atoms with Crippen LogP contribution in [0.15, 0.2) is 18.2 Å². The van der Waals surface area contributed by atoms with Gasteiger partial charge in [-0.25, -0.2) is 4.98 Å². The molecular weight excluding hydrogens is 358 g/mol. The van der Waals surface area contributed by atoms with Gasteiger partial charge in [0.05, 0.1) is 17.6 Å². The molecule has 8 nitrogen and oxygen atoms in total. The predicted molar refractivity (Wildman–Crippen MR) is 108 cm³/mol. The molecule has 1 aromatic carbocycles. The minimum atomic E-state index is -0.128. The number of rotatable bonds is 6. The maximum Gasteiger partial charge on any atom is 0.251 e. The number of hydrogen-bond donors (Lipinski definition) is 2. The second-order valence-electron chi connectivity index (χ2n) is 7.25. The third-order valence-corrected chi connectivity index (χ3v) is 5.18. The van der Waals surface area contributed by atoms with Gasteiger partial charge in [-0.2, -0.15) is 0 Å². The first kappa shape index (κ1) is 20.1. The normalized spacial score (nSPS) is 17.4. The highest BCUT2D eigenvalue weighted by Crippen LogP contribution is 2.20. The van der Waals surface area contributed by atoms with Crippen molar-refractivity contribution in [1.29, 1.82) is 0 Å². The van der Waals surface area contributed by atoms with E-state index in [2.05, 4.69) is 15.6 Å². The van der Waals surface area contributed by atoms with E-state index in [4.69, 9.17) is 4.74 Å². The highest BCUT2D eigenvalue weighted by atomic mass is 16.5. The van der Waals surface area contributed by atoms with E-state index in [0.717, 1.165) is 42.8 Å². The highest BCUT2D eigenvalue weighted by Gasteiger charge is 2.22. The Morgan fingerprint density at radius 3 is 2.89 bits per heavy atom. The van der Waals surface area contributed by atoms with Gasteiger partial charge in [0.1, 0.15) is 0 Å². The summed E-state index contributed by atoms with van der Waals surface area (Å²) in [5.41, 5.74) is 2.29. The molecule has 2 amide bonds. The van der Waals surface area contributed by atoms with Crippen molar-refractivity contribution in [1.82, 2.24) is 19.8 Å². The summed E-state index contributed by atoms with van der Waals surface area (Å²) in [6, 6.07) is 5.52. The van der Waals surface area contributed by atoms with E-state index < -0.39 is 0 Å². The molecule has 0 aliphatic carbocycles. The average molecular weight is 387 g/mol. The summed E-state index contributed by atoms with van der Waals surface area (Å²) in [5.74, 6) is 0.673. The lowest BCUT2D eigenvalue weighted by atomic mass is 10.1. The van der Waals surface area contributed by atoms with E-state index in [1.165, 1.54) is 0 Å². The van der Waals surface area contributed by atoms with Gasteiger partial charge >= 0.3 is 0 Å². The van der Waals surface area contributed by atoms with Gasteiger partial charge in [-0.15, -0.1) is 0 Å². The second kappa shape index (κ2) is 9.05. The van der Waals surface area contributed by atoms with Gasteiger partial charge in [0, 0.05) is 52.3 Å². The van der Waals surface area contributed by atoms with Crippen LogP contribution in [0.25, 0.3) is 11.0 Å². The molecule has 2 N–H and O–H groups in total. The lowest BCUT2D eigenvalue weighted by Gasteiger charge is -2.24. The lowest BCUT2D eigenvalue weighted by Crippen LogP contribution is -2.44. The summed E-state index contributed by atoms with van der Waals surface area (Å²) in [6.07, 6.45) is 2.87. The van der Waals surface area contributed by atoms with Crippen LogP contribution in [0.2, 0.25) is 0 Å². The first-order chi connectivity index (χ1) is 13.5. The molecule has 152 valence electrons. The smallest absolute Gasteiger partial charge is 0.251 e. The Labute approximate surface area is 165 Å². The van der Waals surface area contributed by atoms with Gasteiger partial charge in [0.15, 0.2) is 0 Å². The number of imidazole rings is 1. The number of carbonyl (C=O) groups is 2. The molecule has 1 fully saturated rings. The Bertz CT molecular complexity index is 848. The number of nitrogens with one attached hydrogen (secondary N) is 2. The fourth-order valence-electron chi connectivity index (χ4n) is 3.58. The molecule has 0 bridgehead atoms. The van der Waals surface area contributed by atoms with Crippen LogP contribution in [-0.2, 0) is 16.6 Å². The highest BCUT2D eigenvalue weighted by molar-refractivity contribution is 5.98. The molecule has 28 heavy (non-hydrogen) atoms. The molecule has 1 atom stereocenters. The molecule has 0 radical (unpaired) electrons. The van der Waals surface area contributed by atoms with Crippen LogP contribution in [0, 0.1) is 0 Å². The number of aromatic nitrogens is 2. The third-order valence-electron chi connectivity index (χ3n) is 5.18. The fraction of sp³-hybridized carbons (Fsp3) is 0.550. The number of likely N-dealkylation sites (tertiary alicyclic amines) is 1. The molecule has 3 rings (SSSR count). The van der Waals surface area contributed by atoms with E-state index in [1.54, 1.807) is 14.0 Å². The van der Waals surface area contributed by atoms with Crippen LogP contribution in [-0.4, -0.2) is 65.7 Å². The topological polar surface area (TPSA) is 88.5 Å². The number of nitrogens with zero attached hydrogens (tertiary/aromatic N) is 3. The molecule has 1 aromatic heterocycles. The number of ether oxygens (including phenoxy) is 1. The Hall–Kier alpha value is -2.61. The first-order valence-electron chi connectivity index (χ1n) is 9.75. The molecule has 1 aliphatic rings. The summed E-state index contributed by atoms with van der Waals surface area (Å²) >= 11 is 0. The largest absolute Gasteiger partial charge is 0.383 e. The van der Waals surface area contributed by atoms with E-state index in [-0.39, 0.29) is 17.9 Å². The minimum absolute atomic E-state index is 0.0235. The molecule has 1 unspecified atom stereocenters. The van der Waals surface area contributed by atoms with Crippen LogP contribution in [0.4, 0.5) is 5.95 Å². The SMILES string of the molecule is COCCNc1nc2cc(C(=O)NC3CCCCN(C(C)=O)C3)ccc2n1C. The van der Waals surface area contributed by atoms with Crippen molar-refractivity contribution in [3.63, 3.8) is 0 Å². The zero-order valence-corrected chi connectivity index (χ0v) is 16.8. The van der Waals surface area contributed by atoms with Gasteiger partial charge < -0.3 is 24.8 Å². The number of hydrogen-bond acceptors (Lipinski definition) is 5. The van der Waals surface area contributed by atoms with Crippen molar-refractivity contribution in [3.05, 3.63) is 23.8 Å². The summed E-state index contributed by atoms with van der Waals surface area (Å²) in [6.45, 7) is 4.17. The van der Waals surface area contributed by atoms with Crippen LogP contribution in [0.3, 0.4) is 0 Å². The molecule has 1 aliphatic heterocycles. The summed E-state index contributed by atoms with van der Waals surface area (Å²) in [5, 5.41) is 6.32. The van der Waals surface area contributed by atoms with Crippen LogP contribution in [0.1, 0.15) is 36.5 Å². The van der Waals surface area contributed by atoms with Gasteiger partial charge in [-0.3, -0.25) is 9.59 Å². The summed E-state index contributed by atoms with van der Waals surface area (Å²) in [7, 11) is 3.59. The molecule has 2 aromatic rings. The molecule has 2 heterocycles. The maximum atomic E-state index is 12.8. The summed E-state index contributed by atoms with van der Waals surface area (Å²) in [4.78, 5) is 30.9. The third kappa shape index (κ3) is 4.62. The molecule has 1 saturated heterocycles. The van der Waals surface area contributed by atoms with Crippen molar-refractivity contribution >= 4 is 28.8 Å². The van der Waals surface area contributed by atoms with E-state index in [9.17, 15) is 9.59 Å². The predicted octanol–water partition coefficient (Wildman–Crippen LogP) is 1.76. The Balaban J connectivity index is 1.71. The van der Waals surface area contributed by atoms with Gasteiger partial charge in [0.25, 0.3) is 5.91 Å². The number of amides is 2. The van der Waals surface area contributed by atoms with E-state index in [0.29, 0.717) is 25.3 Å². The first-order valence-corrected chi connectivity index (χ1v) is 9.75. The van der Waals surface area contributed by atoms with Crippen LogP contribution < -0.4 is 10.6 Å². The molecule has 8 heteroatoms. The molecular formula is C20H29N5O3. The van der Waals surface area contributed by atoms with Crippen LogP contribution in [0.5, 0.6) is 0 Å². The van der Waals surface area contributed by atoms with Crippen molar-refractivity contribution in [2.45, 2.75) is 32.2 Å². The quantitative estimate of drug-likeness (QED) is 0.738. The number of carbonyl (C=O) groups excluding carboxylic acids is 2. The number of benzene rings is 1. The fourth-order valence-corrected chi connectivity index (χ4v) is 3.58. The van der Waals surface area contributed by atoms with E-state index >= 15 is 0 Å². The van der Waals surface area contributed by atoms with Crippen molar-refractivity contribution in [2.75, 3.05) is 38.7 Å². The Kier molecular flexibility index (Phi) is 6.51. The molecule has 0 spiro atoms. The van der Waals surface area contributed by atoms with Gasteiger partial charge in [-0.1, -0.05) is 0 Å². The van der Waals surface area contributed by atoms with Crippen molar-refractivity contribution < 1.29 is 14.3 Å².